The molecule has 0 aliphatic carbocycles. The fourth-order valence-corrected chi connectivity index (χ4v) is 3.07. The van der Waals surface area contributed by atoms with Crippen molar-refractivity contribution in [1.82, 2.24) is 4.13 Å². The molecule has 6 nitrogen and oxygen atoms in total. The molecule has 0 amide bonds. The Hall–Kier alpha value is -1.41. The molecular formula is C11H15F6N2O4S2+. The highest BCUT2D eigenvalue weighted by Gasteiger charge is 2.55. The first kappa shape index (κ1) is 23.6. The molecule has 1 aromatic rings. The maximum absolute atomic E-state index is 11.5. The molecule has 25 heavy (non-hydrogen) atoms. The summed E-state index contributed by atoms with van der Waals surface area (Å²) >= 11 is 0. The summed E-state index contributed by atoms with van der Waals surface area (Å²) in [6.07, 6.45) is 6.75. The van der Waals surface area contributed by atoms with E-state index in [2.05, 4.69) is 36.0 Å². The first-order chi connectivity index (χ1) is 11.1. The second-order valence-electron chi connectivity index (χ2n) is 4.45. The second-order valence-corrected chi connectivity index (χ2v) is 8.05. The van der Waals surface area contributed by atoms with E-state index in [0.29, 0.717) is 0 Å². The number of aryl methyl sites for hydroxylation is 1. The van der Waals surface area contributed by atoms with Crippen molar-refractivity contribution in [2.45, 2.75) is 37.3 Å². The van der Waals surface area contributed by atoms with Crippen LogP contribution in [-0.2, 0) is 26.6 Å². The first-order valence-electron chi connectivity index (χ1n) is 6.49. The van der Waals surface area contributed by atoms with Crippen LogP contribution in [0.1, 0.15) is 19.8 Å². The van der Waals surface area contributed by atoms with Gasteiger partial charge in [-0.15, -0.1) is 0 Å². The standard InChI is InChI=1S/C9H14N.C2HF6NO4S2/c1-2-3-7-10-8-5-4-6-9-10;3-1(4,5)14(10,11)9-15(12,13)2(6,7)8/h4-6,8-9H,2-3,7H2,1H3;9H/q+1;. The lowest BCUT2D eigenvalue weighted by Crippen LogP contribution is -2.45. The third kappa shape index (κ3) is 8.00. The van der Waals surface area contributed by atoms with Gasteiger partial charge < -0.3 is 0 Å². The van der Waals surface area contributed by atoms with Crippen molar-refractivity contribution in [1.29, 1.82) is 0 Å². The van der Waals surface area contributed by atoms with Crippen molar-refractivity contribution in [2.75, 3.05) is 0 Å². The van der Waals surface area contributed by atoms with Crippen molar-refractivity contribution in [3.63, 3.8) is 0 Å². The molecule has 0 aliphatic rings. The van der Waals surface area contributed by atoms with Gasteiger partial charge >= 0.3 is 31.1 Å². The summed E-state index contributed by atoms with van der Waals surface area (Å²) in [5, 5.41) is 0. The third-order valence-electron chi connectivity index (χ3n) is 2.38. The summed E-state index contributed by atoms with van der Waals surface area (Å²) < 4.78 is 111. The molecule has 1 heterocycles. The van der Waals surface area contributed by atoms with Crippen molar-refractivity contribution < 1.29 is 47.7 Å². The average molecular weight is 417 g/mol. The Labute approximate surface area is 140 Å². The van der Waals surface area contributed by atoms with Crippen molar-refractivity contribution in [3.05, 3.63) is 30.6 Å². The molecule has 14 heteroatoms. The van der Waals surface area contributed by atoms with Gasteiger partial charge in [-0.2, -0.15) is 26.3 Å². The second kappa shape index (κ2) is 8.80. The zero-order chi connectivity index (χ0) is 19.9. The van der Waals surface area contributed by atoms with Crippen LogP contribution in [-0.4, -0.2) is 27.9 Å². The van der Waals surface area contributed by atoms with Crippen LogP contribution in [0.3, 0.4) is 0 Å². The van der Waals surface area contributed by atoms with Crippen LogP contribution in [0.5, 0.6) is 0 Å². The largest absolute Gasteiger partial charge is 0.512 e. The van der Waals surface area contributed by atoms with E-state index in [1.807, 2.05) is 6.07 Å². The van der Waals surface area contributed by atoms with Gasteiger partial charge in [-0.1, -0.05) is 23.5 Å². The van der Waals surface area contributed by atoms with Gasteiger partial charge in [0.1, 0.15) is 6.54 Å². The SMILES string of the molecule is CCCC[n+]1ccccc1.O=S(=O)(NS(=O)(=O)C(F)(F)F)C(F)(F)F. The Kier molecular flexibility index (Phi) is 8.30. The van der Waals surface area contributed by atoms with Gasteiger partial charge in [0.15, 0.2) is 12.4 Å². The maximum Gasteiger partial charge on any atom is 0.512 e. The summed E-state index contributed by atoms with van der Waals surface area (Å²) in [6.45, 7) is 3.36. The fourth-order valence-electron chi connectivity index (χ4n) is 1.16. The normalized spacial score (nSPS) is 13.1. The molecule has 1 aromatic heterocycles. The predicted octanol–water partition coefficient (Wildman–Crippen LogP) is 2.05. The van der Waals surface area contributed by atoms with Gasteiger partial charge in [-0.05, 0) is 0 Å². The number of alkyl halides is 6. The van der Waals surface area contributed by atoms with Crippen LogP contribution in [0.15, 0.2) is 30.6 Å². The Bertz CT molecular complexity index is 688. The number of hydrogen-bond donors (Lipinski definition) is 1. The van der Waals surface area contributed by atoms with Gasteiger partial charge in [0.25, 0.3) is 0 Å². The molecule has 0 bridgehead atoms. The summed E-state index contributed by atoms with van der Waals surface area (Å²) in [5.41, 5.74) is -12.3. The molecule has 0 aromatic carbocycles. The lowest BCUT2D eigenvalue weighted by atomic mass is 10.3. The number of nitrogens with zero attached hydrogens (tertiary/aromatic N) is 1. The van der Waals surface area contributed by atoms with E-state index < -0.39 is 35.2 Å². The van der Waals surface area contributed by atoms with Crippen LogP contribution >= 0.6 is 0 Å². The molecule has 0 radical (unpaired) electrons. The van der Waals surface area contributed by atoms with Crippen LogP contribution in [0.25, 0.3) is 0 Å². The van der Waals surface area contributed by atoms with Crippen LogP contribution in [0, 0.1) is 0 Å². The minimum absolute atomic E-state index is 0.493. The average Bonchev–Trinajstić information content (AvgIpc) is 2.43. The molecule has 146 valence electrons. The Morgan fingerprint density at radius 3 is 1.56 bits per heavy atom. The summed E-state index contributed by atoms with van der Waals surface area (Å²) in [5.74, 6) is 0. The highest BCUT2D eigenvalue weighted by molar-refractivity contribution is 8.05. The van der Waals surface area contributed by atoms with E-state index in [0.717, 1.165) is 6.54 Å². The van der Waals surface area contributed by atoms with E-state index in [4.69, 9.17) is 0 Å². The molecule has 0 spiro atoms. The zero-order valence-corrected chi connectivity index (χ0v) is 14.3. The van der Waals surface area contributed by atoms with E-state index in [1.54, 1.807) is 0 Å². The molecule has 0 fully saturated rings. The number of rotatable bonds is 5. The quantitative estimate of drug-likeness (QED) is 0.587. The topological polar surface area (TPSA) is 84.2 Å². The van der Waals surface area contributed by atoms with Crippen molar-refractivity contribution >= 4 is 20.0 Å². The number of hydrogen-bond acceptors (Lipinski definition) is 4. The smallest absolute Gasteiger partial charge is 0.205 e. The van der Waals surface area contributed by atoms with E-state index in [-0.39, 0.29) is 0 Å². The third-order valence-corrected chi connectivity index (χ3v) is 5.35. The van der Waals surface area contributed by atoms with E-state index in [1.165, 1.54) is 12.8 Å². The number of halogens is 6. The molecule has 0 saturated carbocycles. The van der Waals surface area contributed by atoms with Gasteiger partial charge in [-0.3, -0.25) is 0 Å². The number of pyridine rings is 1. The fraction of sp³-hybridized carbons (Fsp3) is 0.545. The molecular weight excluding hydrogens is 402 g/mol. The van der Waals surface area contributed by atoms with Gasteiger partial charge in [0.05, 0.1) is 0 Å². The predicted molar refractivity (Wildman–Crippen MR) is 74.6 cm³/mol. The van der Waals surface area contributed by atoms with Gasteiger partial charge in [0, 0.05) is 18.6 Å². The molecule has 0 aliphatic heterocycles. The van der Waals surface area contributed by atoms with E-state index >= 15 is 0 Å². The van der Waals surface area contributed by atoms with Crippen molar-refractivity contribution in [3.8, 4) is 0 Å². The molecule has 1 N–H and O–H groups in total. The zero-order valence-electron chi connectivity index (χ0n) is 12.7. The van der Waals surface area contributed by atoms with E-state index in [9.17, 15) is 43.2 Å². The van der Waals surface area contributed by atoms with Crippen LogP contribution < -0.4 is 8.69 Å². The first-order valence-corrected chi connectivity index (χ1v) is 9.46. The maximum atomic E-state index is 11.5. The Morgan fingerprint density at radius 1 is 0.840 bits per heavy atom. The summed E-state index contributed by atoms with van der Waals surface area (Å²) in [4.78, 5) is 0. The minimum atomic E-state index is -6.60. The molecule has 1 rings (SSSR count). The summed E-state index contributed by atoms with van der Waals surface area (Å²) in [6, 6.07) is 6.17. The molecule has 0 atom stereocenters. The lowest BCUT2D eigenvalue weighted by Gasteiger charge is -2.11. The highest BCUT2D eigenvalue weighted by Crippen LogP contribution is 2.27. The molecule has 0 unspecified atom stereocenters. The monoisotopic (exact) mass is 417 g/mol. The molecule has 0 saturated heterocycles. The minimum Gasteiger partial charge on any atom is -0.205 e. The summed E-state index contributed by atoms with van der Waals surface area (Å²) in [7, 11) is -13.2. The Balaban J connectivity index is 0.000000496. The number of unbranched alkanes of at least 4 members (excludes halogenated alkanes) is 1. The number of nitrogens with one attached hydrogen (secondary N) is 1. The Morgan fingerprint density at radius 2 is 1.24 bits per heavy atom. The van der Waals surface area contributed by atoms with Crippen LogP contribution in [0.2, 0.25) is 0 Å². The lowest BCUT2D eigenvalue weighted by molar-refractivity contribution is -0.697. The van der Waals surface area contributed by atoms with Gasteiger partial charge in [0.2, 0.25) is 0 Å². The van der Waals surface area contributed by atoms with Gasteiger partial charge in [-0.25, -0.2) is 21.4 Å². The number of aromatic nitrogens is 1. The van der Waals surface area contributed by atoms with Crippen LogP contribution in [0.4, 0.5) is 26.3 Å². The highest BCUT2D eigenvalue weighted by atomic mass is 32.3. The van der Waals surface area contributed by atoms with Crippen molar-refractivity contribution in [2.24, 2.45) is 0 Å². The number of sulfonamides is 2.